The summed E-state index contributed by atoms with van der Waals surface area (Å²) in [4.78, 5) is 14.3. The van der Waals surface area contributed by atoms with Gasteiger partial charge in [0.2, 0.25) is 0 Å². The first-order chi connectivity index (χ1) is 10.6. The van der Waals surface area contributed by atoms with E-state index in [0.717, 1.165) is 51.1 Å². The van der Waals surface area contributed by atoms with Crippen molar-refractivity contribution < 1.29 is 9.53 Å². The van der Waals surface area contributed by atoms with Gasteiger partial charge >= 0.3 is 6.03 Å². The normalized spacial score (nSPS) is 20.6. The van der Waals surface area contributed by atoms with E-state index in [1.165, 1.54) is 5.56 Å². The Kier molecular flexibility index (Phi) is 4.39. The third kappa shape index (κ3) is 3.27. The lowest BCUT2D eigenvalue weighted by Gasteiger charge is -2.38. The average molecular weight is 302 g/mol. The predicted octanol–water partition coefficient (Wildman–Crippen LogP) is 3.99. The predicted molar refractivity (Wildman–Crippen MR) is 88.3 cm³/mol. The van der Waals surface area contributed by atoms with E-state index in [-0.39, 0.29) is 11.6 Å². The molecule has 0 bridgehead atoms. The summed E-state index contributed by atoms with van der Waals surface area (Å²) >= 11 is 0. The Labute approximate surface area is 132 Å². The summed E-state index contributed by atoms with van der Waals surface area (Å²) < 4.78 is 5.90. The van der Waals surface area contributed by atoms with E-state index in [2.05, 4.69) is 31.3 Å². The molecule has 4 nitrogen and oxygen atoms in total. The molecule has 0 saturated carbocycles. The Bertz CT molecular complexity index is 508. The van der Waals surface area contributed by atoms with Crippen molar-refractivity contribution in [3.05, 3.63) is 29.8 Å². The second kappa shape index (κ2) is 6.29. The number of nitrogens with zero attached hydrogens (tertiary/aromatic N) is 1. The molecule has 2 heterocycles. The zero-order valence-electron chi connectivity index (χ0n) is 13.6. The number of urea groups is 1. The van der Waals surface area contributed by atoms with Gasteiger partial charge in [-0.25, -0.2) is 4.79 Å². The largest absolute Gasteiger partial charge is 0.375 e. The number of amides is 2. The molecular weight excluding hydrogens is 276 g/mol. The van der Waals surface area contributed by atoms with Crippen molar-refractivity contribution in [1.29, 1.82) is 0 Å². The number of nitrogens with one attached hydrogen (secondary N) is 1. The van der Waals surface area contributed by atoms with Gasteiger partial charge in [-0.1, -0.05) is 26.0 Å². The zero-order valence-corrected chi connectivity index (χ0v) is 13.6. The highest BCUT2D eigenvalue weighted by molar-refractivity contribution is 5.89. The molecule has 2 fully saturated rings. The second-order valence-electron chi connectivity index (χ2n) is 6.83. The zero-order chi connectivity index (χ0) is 15.6. The minimum absolute atomic E-state index is 0.00476. The molecule has 0 radical (unpaired) electrons. The first kappa shape index (κ1) is 15.3. The average Bonchev–Trinajstić information content (AvgIpc) is 2.96. The van der Waals surface area contributed by atoms with Gasteiger partial charge in [-0.05, 0) is 49.3 Å². The number of hydrogen-bond donors (Lipinski definition) is 1. The Balaban J connectivity index is 1.54. The summed E-state index contributed by atoms with van der Waals surface area (Å²) in [6, 6.07) is 8.14. The monoisotopic (exact) mass is 302 g/mol. The maximum atomic E-state index is 12.4. The molecular formula is C18H26N2O2. The van der Waals surface area contributed by atoms with Crippen LogP contribution in [0.4, 0.5) is 10.5 Å². The highest BCUT2D eigenvalue weighted by Gasteiger charge is 2.39. The van der Waals surface area contributed by atoms with Crippen molar-refractivity contribution in [2.75, 3.05) is 25.0 Å². The molecule has 1 N–H and O–H groups in total. The fraction of sp³-hybridized carbons (Fsp3) is 0.611. The van der Waals surface area contributed by atoms with Crippen LogP contribution in [-0.4, -0.2) is 36.2 Å². The third-order valence-electron chi connectivity index (χ3n) is 4.98. The molecule has 4 heteroatoms. The molecule has 0 atom stereocenters. The Morgan fingerprint density at radius 1 is 1.18 bits per heavy atom. The van der Waals surface area contributed by atoms with Gasteiger partial charge in [-0.3, -0.25) is 0 Å². The van der Waals surface area contributed by atoms with E-state index < -0.39 is 0 Å². The number of anilines is 1. The van der Waals surface area contributed by atoms with Crippen LogP contribution in [0.25, 0.3) is 0 Å². The van der Waals surface area contributed by atoms with E-state index in [4.69, 9.17) is 4.74 Å². The molecule has 120 valence electrons. The molecule has 22 heavy (non-hydrogen) atoms. The lowest BCUT2D eigenvalue weighted by molar-refractivity contribution is -0.0353. The highest BCUT2D eigenvalue weighted by Crippen LogP contribution is 2.35. The number of likely N-dealkylation sites (tertiary alicyclic amines) is 1. The molecule has 2 amide bonds. The second-order valence-corrected chi connectivity index (χ2v) is 6.83. The minimum Gasteiger partial charge on any atom is -0.375 e. The van der Waals surface area contributed by atoms with E-state index in [9.17, 15) is 4.79 Å². The van der Waals surface area contributed by atoms with Crippen molar-refractivity contribution in [1.82, 2.24) is 4.90 Å². The Hall–Kier alpha value is -1.55. The Morgan fingerprint density at radius 2 is 1.86 bits per heavy atom. The maximum Gasteiger partial charge on any atom is 0.321 e. The van der Waals surface area contributed by atoms with Crippen molar-refractivity contribution in [2.45, 2.75) is 51.0 Å². The summed E-state index contributed by atoms with van der Waals surface area (Å²) in [7, 11) is 0. The van der Waals surface area contributed by atoms with Crippen LogP contribution in [-0.2, 0) is 4.74 Å². The quantitative estimate of drug-likeness (QED) is 0.897. The van der Waals surface area contributed by atoms with Gasteiger partial charge in [0.05, 0.1) is 5.60 Å². The van der Waals surface area contributed by atoms with E-state index in [0.29, 0.717) is 5.92 Å². The van der Waals surface area contributed by atoms with Gasteiger partial charge < -0.3 is 15.0 Å². The van der Waals surface area contributed by atoms with E-state index in [1.54, 1.807) is 0 Å². The van der Waals surface area contributed by atoms with Gasteiger partial charge in [0, 0.05) is 25.4 Å². The third-order valence-corrected chi connectivity index (χ3v) is 4.98. The van der Waals surface area contributed by atoms with Crippen molar-refractivity contribution in [3.63, 3.8) is 0 Å². The summed E-state index contributed by atoms with van der Waals surface area (Å²) in [6.07, 6.45) is 4.24. The van der Waals surface area contributed by atoms with Crippen LogP contribution in [0.1, 0.15) is 51.0 Å². The van der Waals surface area contributed by atoms with Gasteiger partial charge in [-0.2, -0.15) is 0 Å². The lowest BCUT2D eigenvalue weighted by Crippen LogP contribution is -2.47. The highest BCUT2D eigenvalue weighted by atomic mass is 16.5. The molecule has 0 aromatic heterocycles. The molecule has 2 aliphatic heterocycles. The molecule has 0 unspecified atom stereocenters. The molecule has 1 spiro atoms. The first-order valence-corrected chi connectivity index (χ1v) is 8.38. The van der Waals surface area contributed by atoms with Gasteiger partial charge in [-0.15, -0.1) is 0 Å². The number of benzene rings is 1. The summed E-state index contributed by atoms with van der Waals surface area (Å²) in [5, 5.41) is 3.00. The first-order valence-electron chi connectivity index (χ1n) is 8.38. The summed E-state index contributed by atoms with van der Waals surface area (Å²) in [5.41, 5.74) is 2.22. The maximum absolute atomic E-state index is 12.4. The van der Waals surface area contributed by atoms with E-state index >= 15 is 0 Å². The lowest BCUT2D eigenvalue weighted by atomic mass is 9.89. The summed E-state index contributed by atoms with van der Waals surface area (Å²) in [5.74, 6) is 0.509. The molecule has 0 aliphatic carbocycles. The number of carbonyl (C=O) groups excluding carboxylic acids is 1. The Morgan fingerprint density at radius 3 is 2.41 bits per heavy atom. The van der Waals surface area contributed by atoms with Crippen LogP contribution in [0.2, 0.25) is 0 Å². The molecule has 3 rings (SSSR count). The van der Waals surface area contributed by atoms with Crippen LogP contribution in [0.3, 0.4) is 0 Å². The van der Waals surface area contributed by atoms with Crippen LogP contribution in [0, 0.1) is 0 Å². The fourth-order valence-corrected chi connectivity index (χ4v) is 3.42. The smallest absolute Gasteiger partial charge is 0.321 e. The van der Waals surface area contributed by atoms with E-state index in [1.807, 2.05) is 17.0 Å². The molecule has 2 aliphatic rings. The molecule has 1 aromatic rings. The van der Waals surface area contributed by atoms with Crippen LogP contribution < -0.4 is 5.32 Å². The number of carbonyl (C=O) groups is 1. The van der Waals surface area contributed by atoms with Gasteiger partial charge in [0.1, 0.15) is 0 Å². The SMILES string of the molecule is CC(C)c1ccc(NC(=O)N2CCC3(CCCO3)CC2)cc1. The fourth-order valence-electron chi connectivity index (χ4n) is 3.42. The van der Waals surface area contributed by atoms with Crippen LogP contribution >= 0.6 is 0 Å². The van der Waals surface area contributed by atoms with Crippen molar-refractivity contribution >= 4 is 11.7 Å². The van der Waals surface area contributed by atoms with Crippen LogP contribution in [0.5, 0.6) is 0 Å². The number of rotatable bonds is 2. The topological polar surface area (TPSA) is 41.6 Å². The van der Waals surface area contributed by atoms with Crippen molar-refractivity contribution in [3.8, 4) is 0 Å². The number of piperidine rings is 1. The number of hydrogen-bond acceptors (Lipinski definition) is 2. The number of ether oxygens (including phenoxy) is 1. The molecule has 1 aromatic carbocycles. The summed E-state index contributed by atoms with van der Waals surface area (Å²) in [6.45, 7) is 6.80. The standard InChI is InChI=1S/C18H26N2O2/c1-14(2)15-4-6-16(7-5-15)19-17(21)20-11-9-18(10-12-20)8-3-13-22-18/h4-7,14H,3,8-13H2,1-2H3,(H,19,21). The van der Waals surface area contributed by atoms with Crippen LogP contribution in [0.15, 0.2) is 24.3 Å². The minimum atomic E-state index is 0.00476. The van der Waals surface area contributed by atoms with Gasteiger partial charge in [0.25, 0.3) is 0 Å². The molecule has 2 saturated heterocycles. The van der Waals surface area contributed by atoms with Crippen molar-refractivity contribution in [2.24, 2.45) is 0 Å². The van der Waals surface area contributed by atoms with Gasteiger partial charge in [0.15, 0.2) is 0 Å².